The van der Waals surface area contributed by atoms with Gasteiger partial charge in [-0.2, -0.15) is 18.3 Å². The van der Waals surface area contributed by atoms with Gasteiger partial charge in [-0.1, -0.05) is 30.3 Å². The van der Waals surface area contributed by atoms with Crippen LogP contribution in [0.15, 0.2) is 48.5 Å². The lowest BCUT2D eigenvalue weighted by atomic mass is 10.1. The van der Waals surface area contributed by atoms with E-state index in [0.29, 0.717) is 28.2 Å². The Hall–Kier alpha value is -3.20. The highest BCUT2D eigenvalue weighted by molar-refractivity contribution is 6.05. The lowest BCUT2D eigenvalue weighted by Crippen LogP contribution is -2.17. The first kappa shape index (κ1) is 22.5. The maximum atomic E-state index is 14.0. The van der Waals surface area contributed by atoms with E-state index < -0.39 is 18.7 Å². The molecule has 1 amide bonds. The number of carbonyl (C=O) groups excluding carboxylic acids is 1. The van der Waals surface area contributed by atoms with Crippen molar-refractivity contribution in [1.82, 2.24) is 9.78 Å². The first-order chi connectivity index (χ1) is 14.6. The molecule has 5 nitrogen and oxygen atoms in total. The zero-order valence-electron chi connectivity index (χ0n) is 17.0. The van der Waals surface area contributed by atoms with Crippen molar-refractivity contribution in [2.24, 2.45) is 0 Å². The molecular weight excluding hydrogens is 414 g/mol. The fraction of sp³-hybridized carbons (Fsp3) is 0.273. The van der Waals surface area contributed by atoms with Crippen LogP contribution in [0, 0.1) is 19.7 Å². The lowest BCUT2D eigenvalue weighted by molar-refractivity contribution is -0.176. The maximum Gasteiger partial charge on any atom is 0.411 e. The summed E-state index contributed by atoms with van der Waals surface area (Å²) in [5.41, 5.74) is 2.90. The smallest absolute Gasteiger partial charge is 0.367 e. The predicted molar refractivity (Wildman–Crippen MR) is 107 cm³/mol. The summed E-state index contributed by atoms with van der Waals surface area (Å²) in [7, 11) is 0. The third kappa shape index (κ3) is 5.91. The first-order valence-corrected chi connectivity index (χ1v) is 9.46. The van der Waals surface area contributed by atoms with E-state index in [1.54, 1.807) is 54.9 Å². The summed E-state index contributed by atoms with van der Waals surface area (Å²) in [6.45, 7) is 2.07. The van der Waals surface area contributed by atoms with E-state index in [-0.39, 0.29) is 24.5 Å². The lowest BCUT2D eigenvalue weighted by Gasteiger charge is -2.10. The highest BCUT2D eigenvalue weighted by Gasteiger charge is 2.27. The average molecular weight is 435 g/mol. The minimum absolute atomic E-state index is 0.210. The van der Waals surface area contributed by atoms with Gasteiger partial charge >= 0.3 is 6.18 Å². The van der Waals surface area contributed by atoms with Crippen molar-refractivity contribution in [3.05, 3.63) is 82.4 Å². The number of anilines is 1. The number of nitrogens with zero attached hydrogens (tertiary/aromatic N) is 2. The molecule has 0 unspecified atom stereocenters. The van der Waals surface area contributed by atoms with Crippen molar-refractivity contribution in [2.75, 3.05) is 11.9 Å². The summed E-state index contributed by atoms with van der Waals surface area (Å²) >= 11 is 0. The summed E-state index contributed by atoms with van der Waals surface area (Å²) in [5.74, 6) is -0.778. The van der Waals surface area contributed by atoms with Crippen LogP contribution in [-0.4, -0.2) is 28.5 Å². The molecule has 0 aliphatic rings. The molecule has 1 N–H and O–H groups in total. The number of hydrogen-bond acceptors (Lipinski definition) is 3. The topological polar surface area (TPSA) is 56.2 Å². The van der Waals surface area contributed by atoms with Gasteiger partial charge in [0.15, 0.2) is 0 Å². The van der Waals surface area contributed by atoms with Gasteiger partial charge in [-0.3, -0.25) is 9.48 Å². The van der Waals surface area contributed by atoms with Gasteiger partial charge in [0.2, 0.25) is 0 Å². The van der Waals surface area contributed by atoms with Crippen LogP contribution in [0.5, 0.6) is 0 Å². The summed E-state index contributed by atoms with van der Waals surface area (Å²) in [5, 5.41) is 7.17. The van der Waals surface area contributed by atoms with Crippen LogP contribution in [0.25, 0.3) is 0 Å². The van der Waals surface area contributed by atoms with Crippen molar-refractivity contribution in [2.45, 2.75) is 33.2 Å². The number of hydrogen-bond donors (Lipinski definition) is 1. The highest BCUT2D eigenvalue weighted by Crippen LogP contribution is 2.22. The summed E-state index contributed by atoms with van der Waals surface area (Å²) in [6, 6.07) is 12.5. The van der Waals surface area contributed by atoms with Gasteiger partial charge in [-0.15, -0.1) is 0 Å². The Balaban J connectivity index is 1.71. The molecule has 9 heteroatoms. The predicted octanol–water partition coefficient (Wildman–Crippen LogP) is 5.02. The number of halogens is 4. The number of aromatic nitrogens is 2. The molecule has 0 aliphatic carbocycles. The van der Waals surface area contributed by atoms with Crippen molar-refractivity contribution in [1.29, 1.82) is 0 Å². The van der Waals surface area contributed by atoms with Gasteiger partial charge in [0.1, 0.15) is 12.4 Å². The van der Waals surface area contributed by atoms with E-state index in [2.05, 4.69) is 15.2 Å². The van der Waals surface area contributed by atoms with Crippen molar-refractivity contribution in [3.63, 3.8) is 0 Å². The van der Waals surface area contributed by atoms with Crippen molar-refractivity contribution >= 4 is 11.6 Å². The standard InChI is InChI=1S/C22H21F4N3O2/c1-14-20(15(2)29(28-14)11-18-7-3-4-9-19(18)23)27-21(30)17-8-5-6-16(10-17)12-31-13-22(24,25)26/h3-10H,11-13H2,1-2H3,(H,27,30). The Bertz CT molecular complexity index is 1080. The van der Waals surface area contributed by atoms with E-state index in [1.165, 1.54) is 12.1 Å². The van der Waals surface area contributed by atoms with Gasteiger partial charge in [0.25, 0.3) is 5.91 Å². The van der Waals surface area contributed by atoms with Crippen molar-refractivity contribution in [3.8, 4) is 0 Å². The summed E-state index contributed by atoms with van der Waals surface area (Å²) < 4.78 is 56.9. The SMILES string of the molecule is Cc1nn(Cc2ccccc2F)c(C)c1NC(=O)c1cccc(COCC(F)(F)F)c1. The molecule has 0 bridgehead atoms. The number of nitrogens with one attached hydrogen (secondary N) is 1. The normalized spacial score (nSPS) is 11.5. The monoisotopic (exact) mass is 435 g/mol. The van der Waals surface area contributed by atoms with Gasteiger partial charge in [0.05, 0.1) is 30.2 Å². The number of amides is 1. The summed E-state index contributed by atoms with van der Waals surface area (Å²) in [4.78, 5) is 12.7. The van der Waals surface area contributed by atoms with E-state index in [0.717, 1.165) is 0 Å². The van der Waals surface area contributed by atoms with Crippen LogP contribution in [0.1, 0.15) is 32.9 Å². The Morgan fingerprint density at radius 2 is 1.87 bits per heavy atom. The third-order valence-electron chi connectivity index (χ3n) is 4.62. The van der Waals surface area contributed by atoms with Crippen molar-refractivity contribution < 1.29 is 27.1 Å². The maximum absolute atomic E-state index is 14.0. The molecule has 0 saturated heterocycles. The molecule has 0 aliphatic heterocycles. The van der Waals surface area contributed by atoms with Gasteiger partial charge < -0.3 is 10.1 Å². The van der Waals surface area contributed by atoms with Crippen LogP contribution in [0.4, 0.5) is 23.2 Å². The van der Waals surface area contributed by atoms with E-state index in [1.807, 2.05) is 0 Å². The van der Waals surface area contributed by atoms with Crippen LogP contribution in [-0.2, 0) is 17.9 Å². The molecule has 3 rings (SSSR count). The highest BCUT2D eigenvalue weighted by atomic mass is 19.4. The number of ether oxygens (including phenoxy) is 1. The minimum Gasteiger partial charge on any atom is -0.367 e. The molecule has 3 aromatic rings. The van der Waals surface area contributed by atoms with Gasteiger partial charge in [-0.05, 0) is 37.6 Å². The Labute approximate surface area is 176 Å². The molecule has 1 heterocycles. The second-order valence-electron chi connectivity index (χ2n) is 7.06. The molecule has 0 fully saturated rings. The Morgan fingerprint density at radius 1 is 1.13 bits per heavy atom. The number of rotatable bonds is 7. The quantitative estimate of drug-likeness (QED) is 0.531. The molecule has 0 radical (unpaired) electrons. The zero-order chi connectivity index (χ0) is 22.6. The van der Waals surface area contributed by atoms with Crippen LogP contribution < -0.4 is 5.32 Å². The minimum atomic E-state index is -4.41. The number of carbonyl (C=O) groups is 1. The molecule has 1 aromatic heterocycles. The zero-order valence-corrected chi connectivity index (χ0v) is 17.0. The molecule has 164 valence electrons. The number of benzene rings is 2. The average Bonchev–Trinajstić information content (AvgIpc) is 2.96. The second-order valence-corrected chi connectivity index (χ2v) is 7.06. The number of alkyl halides is 3. The van der Waals surface area contributed by atoms with Crippen LogP contribution in [0.2, 0.25) is 0 Å². The molecule has 0 saturated carbocycles. The second kappa shape index (κ2) is 9.30. The van der Waals surface area contributed by atoms with E-state index >= 15 is 0 Å². The van der Waals surface area contributed by atoms with Crippen LogP contribution >= 0.6 is 0 Å². The molecule has 31 heavy (non-hydrogen) atoms. The molecule has 2 aromatic carbocycles. The fourth-order valence-corrected chi connectivity index (χ4v) is 3.09. The van der Waals surface area contributed by atoms with E-state index in [9.17, 15) is 22.4 Å². The first-order valence-electron chi connectivity index (χ1n) is 9.46. The Morgan fingerprint density at radius 3 is 2.58 bits per heavy atom. The molecule has 0 spiro atoms. The fourth-order valence-electron chi connectivity index (χ4n) is 3.09. The number of aryl methyl sites for hydroxylation is 1. The summed E-state index contributed by atoms with van der Waals surface area (Å²) in [6.07, 6.45) is -4.41. The van der Waals surface area contributed by atoms with Gasteiger partial charge in [0, 0.05) is 11.1 Å². The van der Waals surface area contributed by atoms with E-state index in [4.69, 9.17) is 0 Å². The largest absolute Gasteiger partial charge is 0.411 e. The molecule has 0 atom stereocenters. The van der Waals surface area contributed by atoms with Gasteiger partial charge in [-0.25, -0.2) is 4.39 Å². The van der Waals surface area contributed by atoms with Crippen LogP contribution in [0.3, 0.4) is 0 Å². The molecular formula is C22H21F4N3O2. The Kier molecular flexibility index (Phi) is 6.74. The third-order valence-corrected chi connectivity index (χ3v) is 4.62.